The van der Waals surface area contributed by atoms with Gasteiger partial charge in [-0.15, -0.1) is 0 Å². The molecule has 2 amide bonds. The predicted molar refractivity (Wildman–Crippen MR) is 145 cm³/mol. The van der Waals surface area contributed by atoms with Gasteiger partial charge in [-0.25, -0.2) is 0 Å². The molecule has 7 nitrogen and oxygen atoms in total. The number of rotatable bonds is 15. The van der Waals surface area contributed by atoms with Gasteiger partial charge >= 0.3 is 0 Å². The molecule has 0 radical (unpaired) electrons. The molecule has 2 aliphatic carbocycles. The van der Waals surface area contributed by atoms with E-state index in [4.69, 9.17) is 4.74 Å². The molecule has 2 saturated carbocycles. The summed E-state index contributed by atoms with van der Waals surface area (Å²) in [5.41, 5.74) is 0.964. The maximum Gasteiger partial charge on any atom is 0.223 e. The van der Waals surface area contributed by atoms with Gasteiger partial charge in [0.15, 0.2) is 0 Å². The lowest BCUT2D eigenvalue weighted by atomic mass is 9.81. The van der Waals surface area contributed by atoms with Gasteiger partial charge in [0.25, 0.3) is 0 Å². The average Bonchev–Trinajstić information content (AvgIpc) is 3.72. The van der Waals surface area contributed by atoms with Crippen molar-refractivity contribution in [3.63, 3.8) is 0 Å². The number of hydrogen-bond donors (Lipinski definition) is 3. The van der Waals surface area contributed by atoms with E-state index in [0.717, 1.165) is 43.4 Å². The number of nitrogens with zero attached hydrogens (tertiary/aromatic N) is 1. The monoisotopic (exact) mass is 516 g/mol. The Kier molecular flexibility index (Phi) is 11.7. The molecule has 208 valence electrons. The van der Waals surface area contributed by atoms with Gasteiger partial charge in [0.2, 0.25) is 11.8 Å². The first kappa shape index (κ1) is 29.4. The summed E-state index contributed by atoms with van der Waals surface area (Å²) < 4.78 is 5.17. The van der Waals surface area contributed by atoms with Crippen LogP contribution in [0.15, 0.2) is 24.3 Å². The maximum atomic E-state index is 13.5. The number of hydrogen-bond acceptors (Lipinski definition) is 5. The van der Waals surface area contributed by atoms with Gasteiger partial charge in [-0.3, -0.25) is 9.59 Å². The summed E-state index contributed by atoms with van der Waals surface area (Å²) in [6, 6.07) is 7.11. The normalized spacial score (nSPS) is 18.8. The molecule has 3 N–H and O–H groups in total. The molecule has 3 rings (SSSR count). The van der Waals surface area contributed by atoms with Crippen LogP contribution in [-0.4, -0.2) is 58.8 Å². The van der Waals surface area contributed by atoms with E-state index in [9.17, 15) is 19.8 Å². The molecule has 0 unspecified atom stereocenters. The molecule has 7 heteroatoms. The quantitative estimate of drug-likeness (QED) is 0.320. The Labute approximate surface area is 223 Å². The minimum atomic E-state index is -0.976. The third-order valence-corrected chi connectivity index (χ3v) is 7.89. The highest BCUT2D eigenvalue weighted by Gasteiger charge is 2.38. The highest BCUT2D eigenvalue weighted by molar-refractivity contribution is 5.84. The highest BCUT2D eigenvalue weighted by Crippen LogP contribution is 2.35. The fourth-order valence-corrected chi connectivity index (χ4v) is 5.49. The topological polar surface area (TPSA) is 99.1 Å². The number of aliphatic hydroxyl groups is 2. The number of methoxy groups -OCH3 is 1. The fourth-order valence-electron chi connectivity index (χ4n) is 5.49. The SMILES string of the molecule is COc1ccc(CNC(=O)CCC(=O)N(CC2CC2)[C@@H](CC2CCCCC2)[C@@H](O)[C@@H](O)CC(C)C)cc1. The first-order valence-electron chi connectivity index (χ1n) is 14.3. The molecule has 0 spiro atoms. The molecule has 0 aliphatic heterocycles. The molecule has 2 aliphatic rings. The van der Waals surface area contributed by atoms with E-state index >= 15 is 0 Å². The van der Waals surface area contributed by atoms with Gasteiger partial charge < -0.3 is 25.2 Å². The average molecular weight is 517 g/mol. The van der Waals surface area contributed by atoms with E-state index in [1.165, 1.54) is 19.3 Å². The van der Waals surface area contributed by atoms with Gasteiger partial charge in [-0.1, -0.05) is 58.1 Å². The van der Waals surface area contributed by atoms with E-state index in [-0.39, 0.29) is 30.6 Å². The number of amides is 2. The van der Waals surface area contributed by atoms with E-state index in [2.05, 4.69) is 5.32 Å². The smallest absolute Gasteiger partial charge is 0.223 e. The number of carbonyl (C=O) groups is 2. The third kappa shape index (κ3) is 9.93. The van der Waals surface area contributed by atoms with Crippen molar-refractivity contribution in [1.29, 1.82) is 0 Å². The first-order valence-corrected chi connectivity index (χ1v) is 14.3. The molecule has 37 heavy (non-hydrogen) atoms. The zero-order valence-corrected chi connectivity index (χ0v) is 23.0. The van der Waals surface area contributed by atoms with Crippen LogP contribution in [0.4, 0.5) is 0 Å². The molecule has 1 aromatic carbocycles. The molecule has 0 bridgehead atoms. The molecular formula is C30H48N2O5. The second-order valence-electron chi connectivity index (χ2n) is 11.6. The van der Waals surface area contributed by atoms with Crippen LogP contribution in [0, 0.1) is 17.8 Å². The lowest BCUT2D eigenvalue weighted by Crippen LogP contribution is -2.53. The number of carbonyl (C=O) groups excluding carboxylic acids is 2. The lowest BCUT2D eigenvalue weighted by Gasteiger charge is -2.40. The fraction of sp³-hybridized carbons (Fsp3) is 0.733. The minimum Gasteiger partial charge on any atom is -0.497 e. The van der Waals surface area contributed by atoms with Crippen LogP contribution in [0.1, 0.15) is 90.0 Å². The minimum absolute atomic E-state index is 0.0943. The van der Waals surface area contributed by atoms with Crippen molar-refractivity contribution in [2.75, 3.05) is 13.7 Å². The Balaban J connectivity index is 1.62. The zero-order valence-electron chi connectivity index (χ0n) is 23.0. The zero-order chi connectivity index (χ0) is 26.8. The van der Waals surface area contributed by atoms with E-state index in [1.807, 2.05) is 43.0 Å². The van der Waals surface area contributed by atoms with E-state index in [1.54, 1.807) is 7.11 Å². The van der Waals surface area contributed by atoms with Crippen molar-refractivity contribution in [3.8, 4) is 5.75 Å². The summed E-state index contributed by atoms with van der Waals surface area (Å²) in [6.07, 6.45) is 7.62. The Morgan fingerprint density at radius 1 is 1.00 bits per heavy atom. The van der Waals surface area contributed by atoms with Crippen LogP contribution in [-0.2, 0) is 16.1 Å². The van der Waals surface area contributed by atoms with Crippen LogP contribution in [0.2, 0.25) is 0 Å². The van der Waals surface area contributed by atoms with Crippen molar-refractivity contribution in [2.45, 2.75) is 109 Å². The molecule has 0 aromatic heterocycles. The van der Waals surface area contributed by atoms with Crippen molar-refractivity contribution in [1.82, 2.24) is 10.2 Å². The Bertz CT molecular complexity index is 833. The van der Waals surface area contributed by atoms with E-state index in [0.29, 0.717) is 31.3 Å². The Morgan fingerprint density at radius 2 is 1.68 bits per heavy atom. The summed E-state index contributed by atoms with van der Waals surface area (Å²) >= 11 is 0. The van der Waals surface area contributed by atoms with Crippen molar-refractivity contribution < 1.29 is 24.5 Å². The molecule has 2 fully saturated rings. The number of nitrogens with one attached hydrogen (secondary N) is 1. The standard InChI is InChI=1S/C30H48N2O5/c1-21(2)17-27(33)30(36)26(18-22-7-5-4-6-8-22)32(20-24-9-10-24)29(35)16-15-28(34)31-19-23-11-13-25(37-3)14-12-23/h11-14,21-22,24,26-27,30,33,36H,4-10,15-20H2,1-3H3,(H,31,34)/t26-,27-,30+/m0/s1. The van der Waals surface area contributed by atoms with Gasteiger partial charge in [-0.2, -0.15) is 0 Å². The van der Waals surface area contributed by atoms with Crippen LogP contribution < -0.4 is 10.1 Å². The maximum absolute atomic E-state index is 13.5. The van der Waals surface area contributed by atoms with Crippen LogP contribution >= 0.6 is 0 Å². The van der Waals surface area contributed by atoms with Crippen LogP contribution in [0.25, 0.3) is 0 Å². The predicted octanol–water partition coefficient (Wildman–Crippen LogP) is 4.44. The first-order chi connectivity index (χ1) is 17.8. The molecule has 1 aromatic rings. The summed E-state index contributed by atoms with van der Waals surface area (Å²) in [5, 5.41) is 25.0. The van der Waals surface area contributed by atoms with Gasteiger partial charge in [0.1, 0.15) is 11.9 Å². The van der Waals surface area contributed by atoms with Gasteiger partial charge in [-0.05, 0) is 61.1 Å². The second kappa shape index (κ2) is 14.7. The summed E-state index contributed by atoms with van der Waals surface area (Å²) in [4.78, 5) is 27.9. The highest BCUT2D eigenvalue weighted by atomic mass is 16.5. The second-order valence-corrected chi connectivity index (χ2v) is 11.6. The van der Waals surface area contributed by atoms with Crippen LogP contribution in [0.5, 0.6) is 5.75 Å². The number of benzene rings is 1. The van der Waals surface area contributed by atoms with Crippen molar-refractivity contribution in [3.05, 3.63) is 29.8 Å². The van der Waals surface area contributed by atoms with Gasteiger partial charge in [0, 0.05) is 25.9 Å². The molecule has 0 heterocycles. The van der Waals surface area contributed by atoms with E-state index < -0.39 is 18.2 Å². The third-order valence-electron chi connectivity index (χ3n) is 7.89. The summed E-state index contributed by atoms with van der Waals surface area (Å²) in [6.45, 7) is 5.07. The molecular weight excluding hydrogens is 468 g/mol. The summed E-state index contributed by atoms with van der Waals surface area (Å²) in [5.74, 6) is 1.67. The van der Waals surface area contributed by atoms with Crippen molar-refractivity contribution >= 4 is 11.8 Å². The largest absolute Gasteiger partial charge is 0.497 e. The van der Waals surface area contributed by atoms with Gasteiger partial charge in [0.05, 0.1) is 19.3 Å². The number of ether oxygens (including phenoxy) is 1. The lowest BCUT2D eigenvalue weighted by molar-refractivity contribution is -0.141. The molecule has 3 atom stereocenters. The number of aliphatic hydroxyl groups excluding tert-OH is 2. The summed E-state index contributed by atoms with van der Waals surface area (Å²) in [7, 11) is 1.62. The van der Waals surface area contributed by atoms with Crippen molar-refractivity contribution in [2.24, 2.45) is 17.8 Å². The molecule has 0 saturated heterocycles. The Morgan fingerprint density at radius 3 is 2.27 bits per heavy atom. The Hall–Kier alpha value is -2.12. The van der Waals surface area contributed by atoms with Crippen LogP contribution in [0.3, 0.4) is 0 Å².